The SMILES string of the molecule is OC(Cl)(c1ccccc1)I(C(F)(F)F)C(F)(F)F. The molecule has 9 heteroatoms. The minimum absolute atomic E-state index is 0.605. The van der Waals surface area contributed by atoms with Gasteiger partial charge in [0.1, 0.15) is 0 Å². The molecule has 0 aromatic heterocycles. The summed E-state index contributed by atoms with van der Waals surface area (Å²) in [6, 6.07) is 5.63. The van der Waals surface area contributed by atoms with Crippen molar-refractivity contribution in [2.45, 2.75) is 11.4 Å². The van der Waals surface area contributed by atoms with Crippen molar-refractivity contribution in [2.24, 2.45) is 0 Å². The van der Waals surface area contributed by atoms with Crippen LogP contribution in [0.25, 0.3) is 0 Å². The number of rotatable bonds is 2. The van der Waals surface area contributed by atoms with Gasteiger partial charge >= 0.3 is 110 Å². The first kappa shape index (κ1) is 15.8. The molecule has 0 saturated heterocycles. The van der Waals surface area contributed by atoms with Crippen molar-refractivity contribution in [3.05, 3.63) is 35.9 Å². The molecule has 0 saturated carbocycles. The summed E-state index contributed by atoms with van der Waals surface area (Å²) < 4.78 is 60.5. The Kier molecular flexibility index (Phi) is 4.44. The van der Waals surface area contributed by atoms with Crippen LogP contribution in [0.1, 0.15) is 5.56 Å². The average Bonchev–Trinajstić information content (AvgIpc) is 2.13. The standard InChI is InChI=1S/C9H6ClF6IO/c10-7(18,6-4-2-1-3-5-6)17(8(11,12)13)9(14,15)16/h1-5,18H. The van der Waals surface area contributed by atoms with Crippen LogP contribution in [0, 0.1) is 0 Å². The van der Waals surface area contributed by atoms with Gasteiger partial charge < -0.3 is 0 Å². The molecule has 0 heterocycles. The molecule has 18 heavy (non-hydrogen) atoms. The minimum atomic E-state index is -5.94. The molecule has 0 spiro atoms. The summed E-state index contributed by atoms with van der Waals surface area (Å²) in [5, 5.41) is 9.51. The van der Waals surface area contributed by atoms with Crippen LogP contribution in [-0.2, 0) is 3.07 Å². The van der Waals surface area contributed by atoms with Crippen molar-refractivity contribution in [1.82, 2.24) is 0 Å². The van der Waals surface area contributed by atoms with Gasteiger partial charge in [-0.2, -0.15) is 0 Å². The van der Waals surface area contributed by atoms with E-state index >= 15 is 0 Å². The van der Waals surface area contributed by atoms with E-state index in [0.29, 0.717) is 0 Å². The molecule has 1 aromatic carbocycles. The van der Waals surface area contributed by atoms with Crippen molar-refractivity contribution >= 4 is 31.4 Å². The topological polar surface area (TPSA) is 20.2 Å². The number of alkyl halides is 10. The first-order valence-corrected chi connectivity index (χ1v) is 7.89. The molecule has 0 radical (unpaired) electrons. The maximum absolute atomic E-state index is 12.5. The first-order valence-electron chi connectivity index (χ1n) is 4.27. The van der Waals surface area contributed by atoms with Crippen LogP contribution in [0.4, 0.5) is 26.3 Å². The van der Waals surface area contributed by atoms with Gasteiger partial charge in [0.15, 0.2) is 0 Å². The van der Waals surface area contributed by atoms with E-state index < -0.39 is 36.8 Å². The van der Waals surface area contributed by atoms with Crippen LogP contribution in [0.2, 0.25) is 0 Å². The summed E-state index contributed by atoms with van der Waals surface area (Å²) in [6.45, 7) is 0. The Morgan fingerprint density at radius 1 is 0.889 bits per heavy atom. The third-order valence-electron chi connectivity index (χ3n) is 1.80. The summed E-state index contributed by atoms with van der Waals surface area (Å²) in [5.74, 6) is 0. The Morgan fingerprint density at radius 3 is 1.61 bits per heavy atom. The number of aliphatic hydroxyl groups is 1. The van der Waals surface area contributed by atoms with Gasteiger partial charge in [-0.05, 0) is 0 Å². The van der Waals surface area contributed by atoms with Gasteiger partial charge in [0.05, 0.1) is 0 Å². The maximum atomic E-state index is 12.5. The first-order chi connectivity index (χ1) is 7.97. The molecule has 0 bridgehead atoms. The molecule has 0 fully saturated rings. The van der Waals surface area contributed by atoms with Crippen LogP contribution in [-0.4, -0.2) is 13.5 Å². The summed E-state index contributed by atoms with van der Waals surface area (Å²) in [6.07, 6.45) is 0. The fourth-order valence-corrected chi connectivity index (χ4v) is 5.66. The van der Waals surface area contributed by atoms with Gasteiger partial charge in [-0.15, -0.1) is 0 Å². The zero-order valence-corrected chi connectivity index (χ0v) is 11.3. The third kappa shape index (κ3) is 3.41. The second kappa shape index (κ2) is 5.04. The second-order valence-corrected chi connectivity index (χ2v) is 9.86. The molecule has 0 amide bonds. The van der Waals surface area contributed by atoms with Crippen LogP contribution >= 0.6 is 31.4 Å². The van der Waals surface area contributed by atoms with Gasteiger partial charge in [0.2, 0.25) is 0 Å². The van der Waals surface area contributed by atoms with Gasteiger partial charge in [0, 0.05) is 0 Å². The predicted octanol–water partition coefficient (Wildman–Crippen LogP) is 4.57. The third-order valence-corrected chi connectivity index (χ3v) is 7.48. The summed E-state index contributed by atoms with van der Waals surface area (Å²) in [5.41, 5.74) is -0.605. The Labute approximate surface area is 110 Å². The van der Waals surface area contributed by atoms with Crippen LogP contribution < -0.4 is 0 Å². The Morgan fingerprint density at radius 2 is 1.28 bits per heavy atom. The number of hydrogen-bond acceptors (Lipinski definition) is 1. The molecule has 1 unspecified atom stereocenters. The summed E-state index contributed by atoms with van der Waals surface area (Å²) in [7, 11) is 0. The van der Waals surface area contributed by atoms with E-state index in [4.69, 9.17) is 11.6 Å². The molecule has 1 aromatic rings. The Bertz CT molecular complexity index is 388. The molecule has 1 N–H and O–H groups in total. The van der Waals surface area contributed by atoms with Gasteiger partial charge in [0.25, 0.3) is 0 Å². The molecule has 0 aliphatic rings. The van der Waals surface area contributed by atoms with Gasteiger partial charge in [-0.25, -0.2) is 0 Å². The van der Waals surface area contributed by atoms with E-state index in [2.05, 4.69) is 0 Å². The summed E-state index contributed by atoms with van der Waals surface area (Å²) in [4.78, 5) is 0. The van der Waals surface area contributed by atoms with Crippen LogP contribution in [0.5, 0.6) is 0 Å². The molecule has 104 valence electrons. The quantitative estimate of drug-likeness (QED) is 0.433. The van der Waals surface area contributed by atoms with Crippen molar-refractivity contribution in [3.63, 3.8) is 0 Å². The zero-order valence-electron chi connectivity index (χ0n) is 8.36. The fraction of sp³-hybridized carbons (Fsp3) is 0.333. The number of hydrogen-bond donors (Lipinski definition) is 1. The normalized spacial score (nSPS) is 17.2. The molecule has 1 nitrogen and oxygen atoms in total. The zero-order chi connectivity index (χ0) is 14.2. The predicted molar refractivity (Wildman–Crippen MR) is 62.3 cm³/mol. The van der Waals surface area contributed by atoms with E-state index in [-0.39, 0.29) is 0 Å². The molecule has 0 aliphatic heterocycles. The van der Waals surface area contributed by atoms with E-state index in [9.17, 15) is 31.4 Å². The van der Waals surface area contributed by atoms with Crippen LogP contribution in [0.3, 0.4) is 0 Å². The van der Waals surface area contributed by atoms with Crippen molar-refractivity contribution in [2.75, 3.05) is 0 Å². The van der Waals surface area contributed by atoms with E-state index in [1.165, 1.54) is 18.2 Å². The van der Waals surface area contributed by atoms with Crippen molar-refractivity contribution in [3.8, 4) is 0 Å². The summed E-state index contributed by atoms with van der Waals surface area (Å²) >= 11 is -0.755. The molecule has 1 rings (SSSR count). The molecular weight excluding hydrogens is 400 g/mol. The molecule has 1 atom stereocenters. The van der Waals surface area contributed by atoms with Gasteiger partial charge in [-0.1, -0.05) is 0 Å². The van der Waals surface area contributed by atoms with Gasteiger partial charge in [-0.3, -0.25) is 0 Å². The molecule has 0 aliphatic carbocycles. The van der Waals surface area contributed by atoms with E-state index in [1.807, 2.05) is 0 Å². The average molecular weight is 406 g/mol. The van der Waals surface area contributed by atoms with E-state index in [1.54, 1.807) is 0 Å². The van der Waals surface area contributed by atoms with Crippen LogP contribution in [0.15, 0.2) is 30.3 Å². The van der Waals surface area contributed by atoms with E-state index in [0.717, 1.165) is 12.1 Å². The second-order valence-electron chi connectivity index (χ2n) is 3.05. The number of benzene rings is 1. The van der Waals surface area contributed by atoms with Crippen molar-refractivity contribution in [1.29, 1.82) is 0 Å². The Hall–Kier alpha value is -0.220. The monoisotopic (exact) mass is 406 g/mol. The Balaban J connectivity index is 3.30. The van der Waals surface area contributed by atoms with Crippen molar-refractivity contribution < 1.29 is 31.4 Å². The molecular formula is C9H6ClF6IO. The number of halogens is 8. The fourth-order valence-electron chi connectivity index (χ4n) is 1.15.